The summed E-state index contributed by atoms with van der Waals surface area (Å²) in [5, 5.41) is 0. The highest BCUT2D eigenvalue weighted by molar-refractivity contribution is 7.02. The molecule has 9 aromatic carbocycles. The van der Waals surface area contributed by atoms with Crippen molar-refractivity contribution >= 4 is 80.3 Å². The molecule has 4 heterocycles. The van der Waals surface area contributed by atoms with Crippen LogP contribution in [0.4, 0.5) is 34.1 Å². The minimum absolute atomic E-state index is 0.0740. The van der Waals surface area contributed by atoms with Crippen molar-refractivity contribution in [1.82, 2.24) is 0 Å². The van der Waals surface area contributed by atoms with Gasteiger partial charge in [-0.25, -0.2) is 0 Å². The molecule has 302 valence electrons. The third-order valence-corrected chi connectivity index (χ3v) is 13.9. The average molecular weight is 821 g/mol. The Kier molecular flexibility index (Phi) is 8.02. The smallest absolute Gasteiger partial charge is 0.256 e. The van der Waals surface area contributed by atoms with Gasteiger partial charge in [0.15, 0.2) is 0 Å². The van der Waals surface area contributed by atoms with E-state index in [4.69, 9.17) is 9.47 Å². The number of rotatable bonds is 4. The summed E-state index contributed by atoms with van der Waals surface area (Å²) in [6.07, 6.45) is 0. The second-order valence-electron chi connectivity index (χ2n) is 17.9. The number of fused-ring (bicyclic) bond motifs is 8. The first-order valence-electron chi connectivity index (χ1n) is 22.3. The summed E-state index contributed by atoms with van der Waals surface area (Å²) in [7, 11) is 0. The summed E-state index contributed by atoms with van der Waals surface area (Å²) >= 11 is 0. The van der Waals surface area contributed by atoms with Gasteiger partial charge in [-0.15, -0.1) is 0 Å². The highest BCUT2D eigenvalue weighted by Gasteiger charge is 2.46. The highest BCUT2D eigenvalue weighted by Crippen LogP contribution is 2.47. The van der Waals surface area contributed by atoms with E-state index in [0.717, 1.165) is 67.8 Å². The van der Waals surface area contributed by atoms with Gasteiger partial charge in [-0.1, -0.05) is 126 Å². The fourth-order valence-electron chi connectivity index (χ4n) is 11.0. The summed E-state index contributed by atoms with van der Waals surface area (Å²) in [4.78, 5) is 4.86. The third kappa shape index (κ3) is 5.45. The summed E-state index contributed by atoms with van der Waals surface area (Å²) in [5.74, 6) is 3.40. The van der Waals surface area contributed by atoms with Gasteiger partial charge in [-0.3, -0.25) is 0 Å². The Morgan fingerprint density at radius 2 is 0.766 bits per heavy atom. The number of para-hydroxylation sites is 4. The average Bonchev–Trinajstić information content (AvgIpc) is 3.32. The topological polar surface area (TPSA) is 24.9 Å². The molecule has 6 heteroatoms. The second kappa shape index (κ2) is 13.9. The van der Waals surface area contributed by atoms with Crippen molar-refractivity contribution in [3.8, 4) is 45.3 Å². The van der Waals surface area contributed by atoms with E-state index in [1.165, 1.54) is 66.6 Å². The molecule has 0 unspecified atom stereocenters. The zero-order chi connectivity index (χ0) is 42.8. The molecule has 0 saturated heterocycles. The predicted octanol–water partition coefficient (Wildman–Crippen LogP) is 11.1. The molecule has 0 aromatic heterocycles. The molecule has 0 amide bonds. The van der Waals surface area contributed by atoms with E-state index in [9.17, 15) is 0 Å². The molecule has 0 aliphatic carbocycles. The number of hydrogen-bond donors (Lipinski definition) is 0. The van der Waals surface area contributed by atoms with Crippen LogP contribution in [-0.2, 0) is 0 Å². The van der Waals surface area contributed by atoms with Crippen molar-refractivity contribution in [2.75, 3.05) is 9.80 Å². The maximum absolute atomic E-state index is 7.27. The Morgan fingerprint density at radius 3 is 1.22 bits per heavy atom. The number of anilines is 6. The first-order chi connectivity index (χ1) is 31.4. The van der Waals surface area contributed by atoms with Gasteiger partial charge in [0.1, 0.15) is 23.0 Å². The van der Waals surface area contributed by atoms with E-state index in [1.54, 1.807) is 0 Å². The highest BCUT2D eigenvalue weighted by atomic mass is 16.5. The normalized spacial score (nSPS) is 13.4. The molecule has 0 N–H and O–H groups in total. The van der Waals surface area contributed by atoms with Crippen LogP contribution in [0.5, 0.6) is 23.0 Å². The number of ether oxygens (including phenoxy) is 2. The van der Waals surface area contributed by atoms with Crippen molar-refractivity contribution in [3.05, 3.63) is 204 Å². The Hall–Kier alpha value is -7.69. The van der Waals surface area contributed by atoms with Crippen molar-refractivity contribution < 1.29 is 9.47 Å². The minimum atomic E-state index is -0.0740. The van der Waals surface area contributed by atoms with E-state index in [1.807, 2.05) is 0 Å². The van der Waals surface area contributed by atoms with E-state index in [-0.39, 0.29) is 13.4 Å². The van der Waals surface area contributed by atoms with E-state index < -0.39 is 0 Å². The SMILES string of the molecule is Cc1ccc(C)c(-c2cc3c4c(c2)N(c2ccccc2)c2ccccc2B4c2cc4c(cc2O3)Oc2cc(-c3cc(C)ccc3C)cc3c2B4c2ccccc2N3c2ccccc2)c1. The van der Waals surface area contributed by atoms with Crippen LogP contribution >= 0.6 is 0 Å². The maximum Gasteiger partial charge on any atom is 0.256 e. The molecule has 0 bridgehead atoms. The lowest BCUT2D eigenvalue weighted by atomic mass is 9.31. The zero-order valence-electron chi connectivity index (χ0n) is 36.2. The molecule has 4 aliphatic heterocycles. The lowest BCUT2D eigenvalue weighted by molar-refractivity contribution is 0.466. The largest absolute Gasteiger partial charge is 0.458 e. The van der Waals surface area contributed by atoms with Crippen LogP contribution < -0.4 is 52.1 Å². The Morgan fingerprint density at radius 1 is 0.344 bits per heavy atom. The van der Waals surface area contributed by atoms with Gasteiger partial charge >= 0.3 is 0 Å². The number of aryl methyl sites for hydroxylation is 4. The van der Waals surface area contributed by atoms with Gasteiger partial charge in [-0.2, -0.15) is 0 Å². The molecule has 4 aliphatic rings. The van der Waals surface area contributed by atoms with Crippen LogP contribution in [0, 0.1) is 27.7 Å². The fraction of sp³-hybridized carbons (Fsp3) is 0.0690. The summed E-state index contributed by atoms with van der Waals surface area (Å²) in [5.41, 5.74) is 23.6. The molecule has 0 fully saturated rings. The van der Waals surface area contributed by atoms with Gasteiger partial charge in [0.25, 0.3) is 13.4 Å². The lowest BCUT2D eigenvalue weighted by Gasteiger charge is -2.42. The molecule has 0 radical (unpaired) electrons. The van der Waals surface area contributed by atoms with Gasteiger partial charge in [0, 0.05) is 40.2 Å². The maximum atomic E-state index is 7.27. The van der Waals surface area contributed by atoms with E-state index in [0.29, 0.717) is 0 Å². The van der Waals surface area contributed by atoms with Crippen LogP contribution in [0.2, 0.25) is 0 Å². The lowest BCUT2D eigenvalue weighted by Crippen LogP contribution is -2.63. The van der Waals surface area contributed by atoms with Crippen molar-refractivity contribution in [3.63, 3.8) is 0 Å². The van der Waals surface area contributed by atoms with Gasteiger partial charge < -0.3 is 19.3 Å². The second-order valence-corrected chi connectivity index (χ2v) is 17.9. The molecule has 64 heavy (non-hydrogen) atoms. The molecular formula is C58H42B2N2O2. The van der Waals surface area contributed by atoms with E-state index in [2.05, 4.69) is 219 Å². The molecular weight excluding hydrogens is 778 g/mol. The van der Waals surface area contributed by atoms with Crippen LogP contribution in [0.1, 0.15) is 22.3 Å². The standard InChI is InChI=1S/C58H42B2N2O2/c1-35-23-25-37(3)43(27-35)39-29-51-57-55(31-39)63-53-34-54-48(33-47(53)59(57)45-19-11-13-21-49(45)61(51)41-15-7-5-8-16-41)60-46-20-12-14-22-50(46)62(42-17-9-6-10-18-42)52-30-40(32-56(64-54)58(52)60)44-28-36(2)24-26-38(44)4/h5-34H,1-4H3. The molecule has 0 spiro atoms. The van der Waals surface area contributed by atoms with Crippen molar-refractivity contribution in [2.45, 2.75) is 27.7 Å². The Labute approximate surface area is 375 Å². The van der Waals surface area contributed by atoms with Gasteiger partial charge in [0.05, 0.1) is 0 Å². The van der Waals surface area contributed by atoms with E-state index >= 15 is 0 Å². The molecule has 0 saturated carbocycles. The summed E-state index contributed by atoms with van der Waals surface area (Å²) < 4.78 is 14.5. The molecule has 4 nitrogen and oxygen atoms in total. The van der Waals surface area contributed by atoms with Gasteiger partial charge in [0.2, 0.25) is 0 Å². The van der Waals surface area contributed by atoms with Gasteiger partial charge in [-0.05, 0) is 155 Å². The van der Waals surface area contributed by atoms with Crippen molar-refractivity contribution in [2.24, 2.45) is 0 Å². The summed E-state index contributed by atoms with van der Waals surface area (Å²) in [6, 6.07) is 66.7. The summed E-state index contributed by atoms with van der Waals surface area (Å²) in [6.45, 7) is 8.58. The monoisotopic (exact) mass is 820 g/mol. The van der Waals surface area contributed by atoms with Crippen LogP contribution in [-0.4, -0.2) is 13.4 Å². The quantitative estimate of drug-likeness (QED) is 0.165. The third-order valence-electron chi connectivity index (χ3n) is 13.9. The number of hydrogen-bond acceptors (Lipinski definition) is 4. The molecule has 13 rings (SSSR count). The minimum Gasteiger partial charge on any atom is -0.458 e. The zero-order valence-corrected chi connectivity index (χ0v) is 36.2. The first kappa shape index (κ1) is 36.9. The molecule has 0 atom stereocenters. The Balaban J connectivity index is 1.06. The van der Waals surface area contributed by atoms with Crippen LogP contribution in [0.3, 0.4) is 0 Å². The van der Waals surface area contributed by atoms with Crippen molar-refractivity contribution in [1.29, 1.82) is 0 Å². The fourth-order valence-corrected chi connectivity index (χ4v) is 11.0. The first-order valence-corrected chi connectivity index (χ1v) is 22.3. The molecule has 9 aromatic rings. The van der Waals surface area contributed by atoms with Crippen LogP contribution in [0.25, 0.3) is 22.3 Å². The number of benzene rings is 9. The number of nitrogens with zero attached hydrogens (tertiary/aromatic N) is 2. The Bertz CT molecular complexity index is 3200. The predicted molar refractivity (Wildman–Crippen MR) is 268 cm³/mol. The van der Waals surface area contributed by atoms with Crippen LogP contribution in [0.15, 0.2) is 182 Å².